The van der Waals surface area contributed by atoms with Gasteiger partial charge in [-0.1, -0.05) is 18.2 Å². The third-order valence-corrected chi connectivity index (χ3v) is 7.18. The number of nitrogens with one attached hydrogen (secondary N) is 1. The largest absolute Gasteiger partial charge is 0.493 e. The first kappa shape index (κ1) is 25.1. The number of ether oxygens (including phenoxy) is 2. The molecule has 7 nitrogen and oxygen atoms in total. The standard InChI is InChI=1S/C26H24ClF3N4O3/c1-3-24(35)34-15-5-6-16(34)10-17(9-15)37-23-11-18-21(12-22(23)36-2)31-13-32-25(18)33-14-4-7-19(20(27)8-14)26(28,29)30/h3-4,7-8,11-13,15-17H,1,5-6,9-10H2,2H3,(H,31,32,33)/t15-,16+,17?. The number of hydrogen-bond acceptors (Lipinski definition) is 6. The third-order valence-electron chi connectivity index (χ3n) is 6.87. The lowest BCUT2D eigenvalue weighted by Crippen LogP contribution is -2.48. The molecule has 3 atom stereocenters. The van der Waals surface area contributed by atoms with Crippen LogP contribution in [0.5, 0.6) is 11.5 Å². The van der Waals surface area contributed by atoms with Gasteiger partial charge in [0.25, 0.3) is 0 Å². The SMILES string of the molecule is C=CC(=O)N1[C@@H]2CC[C@H]1CC(Oc1cc3c(Nc4ccc(C(F)(F)F)c(Cl)c4)ncnc3cc1OC)C2. The van der Waals surface area contributed by atoms with E-state index in [0.717, 1.165) is 18.9 Å². The number of amides is 1. The second-order valence-corrected chi connectivity index (χ2v) is 9.51. The number of alkyl halides is 3. The molecule has 0 saturated carbocycles. The summed E-state index contributed by atoms with van der Waals surface area (Å²) < 4.78 is 51.2. The van der Waals surface area contributed by atoms with Crippen LogP contribution >= 0.6 is 11.6 Å². The molecular formula is C26H24ClF3N4O3. The maximum Gasteiger partial charge on any atom is 0.417 e. The summed E-state index contributed by atoms with van der Waals surface area (Å²) in [5, 5.41) is 3.21. The Hall–Kier alpha value is -3.53. The summed E-state index contributed by atoms with van der Waals surface area (Å²) in [6.07, 6.45) is 1.28. The minimum absolute atomic E-state index is 0.0505. The van der Waals surface area contributed by atoms with Crippen molar-refractivity contribution in [1.82, 2.24) is 14.9 Å². The Labute approximate surface area is 216 Å². The number of hydrogen-bond donors (Lipinski definition) is 1. The molecule has 2 aliphatic heterocycles. The quantitative estimate of drug-likeness (QED) is 0.384. The highest BCUT2D eigenvalue weighted by atomic mass is 35.5. The van der Waals surface area contributed by atoms with Crippen LogP contribution in [0.25, 0.3) is 10.9 Å². The van der Waals surface area contributed by atoms with Crippen molar-refractivity contribution in [2.75, 3.05) is 12.4 Å². The predicted octanol–water partition coefficient (Wildman–Crippen LogP) is 6.14. The van der Waals surface area contributed by atoms with E-state index in [0.29, 0.717) is 46.7 Å². The van der Waals surface area contributed by atoms with E-state index in [1.54, 1.807) is 12.1 Å². The van der Waals surface area contributed by atoms with E-state index in [1.807, 2.05) is 4.90 Å². The van der Waals surface area contributed by atoms with Crippen molar-refractivity contribution in [1.29, 1.82) is 0 Å². The fourth-order valence-corrected chi connectivity index (χ4v) is 5.53. The van der Waals surface area contributed by atoms with E-state index >= 15 is 0 Å². The van der Waals surface area contributed by atoms with Crippen LogP contribution in [0.1, 0.15) is 31.2 Å². The van der Waals surface area contributed by atoms with Gasteiger partial charge >= 0.3 is 6.18 Å². The number of anilines is 2. The second-order valence-electron chi connectivity index (χ2n) is 9.11. The van der Waals surface area contributed by atoms with Crippen molar-refractivity contribution < 1.29 is 27.4 Å². The summed E-state index contributed by atoms with van der Waals surface area (Å²) in [6.45, 7) is 3.61. The van der Waals surface area contributed by atoms with Gasteiger partial charge in [-0.15, -0.1) is 0 Å². The fourth-order valence-electron chi connectivity index (χ4n) is 5.24. The number of fused-ring (bicyclic) bond motifs is 3. The molecule has 2 aliphatic rings. The monoisotopic (exact) mass is 532 g/mol. The molecule has 0 aliphatic carbocycles. The normalized spacial score (nSPS) is 21.1. The lowest BCUT2D eigenvalue weighted by Gasteiger charge is -2.38. The Morgan fingerprint density at radius 3 is 2.51 bits per heavy atom. The first-order valence-corrected chi connectivity index (χ1v) is 12.1. The van der Waals surface area contributed by atoms with E-state index in [4.69, 9.17) is 21.1 Å². The highest BCUT2D eigenvalue weighted by molar-refractivity contribution is 6.31. The molecule has 1 aromatic heterocycles. The van der Waals surface area contributed by atoms with Crippen molar-refractivity contribution in [3.05, 3.63) is 59.9 Å². The lowest BCUT2D eigenvalue weighted by atomic mass is 9.99. The van der Waals surface area contributed by atoms with Crippen molar-refractivity contribution in [2.24, 2.45) is 0 Å². The molecule has 2 saturated heterocycles. The molecule has 3 heterocycles. The molecule has 0 radical (unpaired) electrons. The van der Waals surface area contributed by atoms with Crippen molar-refractivity contribution in [2.45, 2.75) is 50.0 Å². The molecule has 2 bridgehead atoms. The molecule has 194 valence electrons. The average Bonchev–Trinajstić information content (AvgIpc) is 3.13. The number of piperidine rings is 1. The molecule has 5 rings (SSSR count). The van der Waals surface area contributed by atoms with Crippen LogP contribution in [-0.2, 0) is 11.0 Å². The van der Waals surface area contributed by atoms with Gasteiger partial charge in [-0.2, -0.15) is 13.2 Å². The van der Waals surface area contributed by atoms with Gasteiger partial charge in [0.15, 0.2) is 11.5 Å². The second kappa shape index (κ2) is 9.74. The minimum atomic E-state index is -4.55. The zero-order valence-corrected chi connectivity index (χ0v) is 20.6. The van der Waals surface area contributed by atoms with Crippen LogP contribution < -0.4 is 14.8 Å². The molecule has 0 spiro atoms. The summed E-state index contributed by atoms with van der Waals surface area (Å²) >= 11 is 5.88. The van der Waals surface area contributed by atoms with Crippen LogP contribution in [0.3, 0.4) is 0 Å². The highest BCUT2D eigenvalue weighted by Crippen LogP contribution is 2.41. The molecule has 1 amide bonds. The molecule has 2 aromatic carbocycles. The smallest absolute Gasteiger partial charge is 0.417 e. The van der Waals surface area contributed by atoms with E-state index in [9.17, 15) is 18.0 Å². The molecular weight excluding hydrogens is 509 g/mol. The van der Waals surface area contributed by atoms with Gasteiger partial charge in [0.1, 0.15) is 18.2 Å². The molecule has 1 unspecified atom stereocenters. The van der Waals surface area contributed by atoms with Crippen molar-refractivity contribution in [3.63, 3.8) is 0 Å². The van der Waals surface area contributed by atoms with Gasteiger partial charge in [0.2, 0.25) is 5.91 Å². The Bertz CT molecular complexity index is 1350. The van der Waals surface area contributed by atoms with E-state index in [1.165, 1.54) is 31.6 Å². The zero-order chi connectivity index (χ0) is 26.3. The summed E-state index contributed by atoms with van der Waals surface area (Å²) in [4.78, 5) is 22.8. The van der Waals surface area contributed by atoms with Crippen molar-refractivity contribution >= 4 is 39.9 Å². The Balaban J connectivity index is 1.42. The minimum Gasteiger partial charge on any atom is -0.493 e. The number of halogens is 4. The van der Waals surface area contributed by atoms with Gasteiger partial charge in [0.05, 0.1) is 23.2 Å². The van der Waals surface area contributed by atoms with Gasteiger partial charge in [-0.05, 0) is 43.2 Å². The number of benzene rings is 2. The summed E-state index contributed by atoms with van der Waals surface area (Å²) in [6, 6.07) is 7.10. The Morgan fingerprint density at radius 1 is 1.16 bits per heavy atom. The number of carbonyl (C=O) groups excluding carboxylic acids is 1. The molecule has 37 heavy (non-hydrogen) atoms. The maximum atomic E-state index is 13.1. The first-order valence-electron chi connectivity index (χ1n) is 11.8. The summed E-state index contributed by atoms with van der Waals surface area (Å²) in [7, 11) is 1.54. The topological polar surface area (TPSA) is 76.6 Å². The van der Waals surface area contributed by atoms with Crippen LogP contribution in [0.15, 0.2) is 49.3 Å². The van der Waals surface area contributed by atoms with Gasteiger partial charge in [0, 0.05) is 42.1 Å². The van der Waals surface area contributed by atoms with Gasteiger partial charge in [-0.25, -0.2) is 9.97 Å². The molecule has 1 N–H and O–H groups in total. The van der Waals surface area contributed by atoms with Crippen molar-refractivity contribution in [3.8, 4) is 11.5 Å². The zero-order valence-electron chi connectivity index (χ0n) is 19.9. The maximum absolute atomic E-state index is 13.1. The molecule has 11 heteroatoms. The van der Waals surface area contributed by atoms with E-state index in [2.05, 4.69) is 21.9 Å². The number of rotatable bonds is 6. The lowest BCUT2D eigenvalue weighted by molar-refractivity contribution is -0.137. The van der Waals surface area contributed by atoms with Crippen LogP contribution in [0.4, 0.5) is 24.7 Å². The fraction of sp³-hybridized carbons (Fsp3) is 0.346. The number of methoxy groups -OCH3 is 1. The van der Waals surface area contributed by atoms with E-state index in [-0.39, 0.29) is 24.1 Å². The first-order chi connectivity index (χ1) is 17.7. The van der Waals surface area contributed by atoms with Crippen LogP contribution in [0.2, 0.25) is 5.02 Å². The van der Waals surface area contributed by atoms with Gasteiger partial charge < -0.3 is 19.7 Å². The number of aromatic nitrogens is 2. The summed E-state index contributed by atoms with van der Waals surface area (Å²) in [5.74, 6) is 1.31. The number of carbonyl (C=O) groups is 1. The van der Waals surface area contributed by atoms with Gasteiger partial charge in [-0.3, -0.25) is 4.79 Å². The molecule has 3 aromatic rings. The summed E-state index contributed by atoms with van der Waals surface area (Å²) in [5.41, 5.74) is -0.0132. The average molecular weight is 533 g/mol. The number of nitrogens with zero attached hydrogens (tertiary/aromatic N) is 3. The Kier molecular flexibility index (Phi) is 6.61. The Morgan fingerprint density at radius 2 is 1.89 bits per heavy atom. The predicted molar refractivity (Wildman–Crippen MR) is 133 cm³/mol. The van der Waals surface area contributed by atoms with Crippen LogP contribution in [0, 0.1) is 0 Å². The highest BCUT2D eigenvalue weighted by Gasteiger charge is 2.43. The van der Waals surface area contributed by atoms with Crippen LogP contribution in [-0.4, -0.2) is 46.1 Å². The van der Waals surface area contributed by atoms with E-state index < -0.39 is 16.8 Å². The third kappa shape index (κ3) is 4.90. The molecule has 2 fully saturated rings.